The topological polar surface area (TPSA) is 15.3 Å². The van der Waals surface area contributed by atoms with E-state index >= 15 is 0 Å². The maximum Gasteiger partial charge on any atom is 0.131 e. The fourth-order valence-electron chi connectivity index (χ4n) is 1.69. The van der Waals surface area contributed by atoms with Gasteiger partial charge in [0.15, 0.2) is 0 Å². The molecular formula is C14H21BrF2N2. The zero-order chi connectivity index (χ0) is 14.6. The highest BCUT2D eigenvalue weighted by Crippen LogP contribution is 2.20. The lowest BCUT2D eigenvalue weighted by atomic mass is 10.1. The molecule has 5 heteroatoms. The molecule has 0 fully saturated rings. The highest BCUT2D eigenvalue weighted by molar-refractivity contribution is 9.10. The van der Waals surface area contributed by atoms with Crippen LogP contribution in [0.25, 0.3) is 0 Å². The molecule has 0 bridgehead atoms. The fraction of sp³-hybridized carbons (Fsp3) is 0.571. The van der Waals surface area contributed by atoms with Gasteiger partial charge in [0, 0.05) is 35.2 Å². The third kappa shape index (κ3) is 5.97. The molecule has 0 aromatic heterocycles. The third-order valence-electron chi connectivity index (χ3n) is 2.68. The summed E-state index contributed by atoms with van der Waals surface area (Å²) in [5, 5.41) is 3.34. The molecule has 19 heavy (non-hydrogen) atoms. The predicted molar refractivity (Wildman–Crippen MR) is 78.1 cm³/mol. The number of nitrogens with one attached hydrogen (secondary N) is 1. The standard InChI is InChI=1S/C14H21BrF2N2/c1-14(2,3)18-5-6-19(4)9-11-12(16)7-10(15)8-13(11)17/h7-8,18H,5-6,9H2,1-4H3. The van der Waals surface area contributed by atoms with Crippen molar-refractivity contribution in [1.82, 2.24) is 10.2 Å². The summed E-state index contributed by atoms with van der Waals surface area (Å²) in [6, 6.07) is 2.58. The lowest BCUT2D eigenvalue weighted by Gasteiger charge is -2.23. The smallest absolute Gasteiger partial charge is 0.131 e. The number of rotatable bonds is 5. The first-order valence-corrected chi connectivity index (χ1v) is 7.05. The minimum absolute atomic E-state index is 0.0505. The maximum absolute atomic E-state index is 13.7. The molecule has 2 nitrogen and oxygen atoms in total. The van der Waals surface area contributed by atoms with Gasteiger partial charge in [-0.25, -0.2) is 8.78 Å². The van der Waals surface area contributed by atoms with Crippen LogP contribution in [0.4, 0.5) is 8.78 Å². The van der Waals surface area contributed by atoms with E-state index in [4.69, 9.17) is 0 Å². The van der Waals surface area contributed by atoms with Crippen molar-refractivity contribution in [2.45, 2.75) is 32.9 Å². The molecule has 0 amide bonds. The van der Waals surface area contributed by atoms with Gasteiger partial charge in [-0.05, 0) is 40.0 Å². The Morgan fingerprint density at radius 3 is 2.21 bits per heavy atom. The van der Waals surface area contributed by atoms with Crippen molar-refractivity contribution in [3.05, 3.63) is 33.8 Å². The highest BCUT2D eigenvalue weighted by Gasteiger charge is 2.13. The van der Waals surface area contributed by atoms with Crippen molar-refractivity contribution in [2.24, 2.45) is 0 Å². The second-order valence-electron chi connectivity index (χ2n) is 5.76. The van der Waals surface area contributed by atoms with Crippen LogP contribution in [-0.2, 0) is 6.54 Å². The van der Waals surface area contributed by atoms with Crippen LogP contribution in [0.15, 0.2) is 16.6 Å². The maximum atomic E-state index is 13.7. The first-order valence-electron chi connectivity index (χ1n) is 6.26. The van der Waals surface area contributed by atoms with Crippen LogP contribution < -0.4 is 5.32 Å². The Hall–Kier alpha value is -0.520. The summed E-state index contributed by atoms with van der Waals surface area (Å²) in [5.74, 6) is -1.02. The lowest BCUT2D eigenvalue weighted by molar-refractivity contribution is 0.295. The molecule has 0 unspecified atom stereocenters. The normalized spacial score (nSPS) is 12.2. The molecule has 0 heterocycles. The Morgan fingerprint density at radius 2 is 1.74 bits per heavy atom. The van der Waals surface area contributed by atoms with Gasteiger partial charge in [0.1, 0.15) is 11.6 Å². The van der Waals surface area contributed by atoms with Gasteiger partial charge in [0.2, 0.25) is 0 Å². The van der Waals surface area contributed by atoms with E-state index in [0.29, 0.717) is 4.47 Å². The number of hydrogen-bond acceptors (Lipinski definition) is 2. The van der Waals surface area contributed by atoms with E-state index in [1.807, 2.05) is 11.9 Å². The van der Waals surface area contributed by atoms with Gasteiger partial charge in [0.25, 0.3) is 0 Å². The van der Waals surface area contributed by atoms with E-state index in [1.165, 1.54) is 12.1 Å². The van der Waals surface area contributed by atoms with Crippen LogP contribution >= 0.6 is 15.9 Å². The second kappa shape index (κ2) is 6.77. The first-order chi connectivity index (χ1) is 8.69. The average Bonchev–Trinajstić information content (AvgIpc) is 2.21. The van der Waals surface area contributed by atoms with Crippen molar-refractivity contribution in [2.75, 3.05) is 20.1 Å². The van der Waals surface area contributed by atoms with Gasteiger partial charge in [-0.2, -0.15) is 0 Å². The van der Waals surface area contributed by atoms with E-state index in [-0.39, 0.29) is 17.6 Å². The lowest BCUT2D eigenvalue weighted by Crippen LogP contribution is -2.40. The van der Waals surface area contributed by atoms with Gasteiger partial charge < -0.3 is 10.2 Å². The zero-order valence-corrected chi connectivity index (χ0v) is 13.4. The van der Waals surface area contributed by atoms with Gasteiger partial charge in [-0.15, -0.1) is 0 Å². The van der Waals surface area contributed by atoms with Crippen molar-refractivity contribution < 1.29 is 8.78 Å². The summed E-state index contributed by atoms with van der Waals surface area (Å²) in [7, 11) is 1.85. The van der Waals surface area contributed by atoms with Crippen molar-refractivity contribution in [3.63, 3.8) is 0 Å². The SMILES string of the molecule is CN(CCNC(C)(C)C)Cc1c(F)cc(Br)cc1F. The Balaban J connectivity index is 2.55. The molecule has 108 valence electrons. The summed E-state index contributed by atoms with van der Waals surface area (Å²) >= 11 is 3.07. The van der Waals surface area contributed by atoms with Crippen molar-refractivity contribution in [1.29, 1.82) is 0 Å². The first kappa shape index (κ1) is 16.5. The average molecular weight is 335 g/mol. The minimum Gasteiger partial charge on any atom is -0.311 e. The minimum atomic E-state index is -0.512. The van der Waals surface area contributed by atoms with E-state index < -0.39 is 11.6 Å². The van der Waals surface area contributed by atoms with Gasteiger partial charge in [-0.3, -0.25) is 0 Å². The molecule has 1 aromatic carbocycles. The van der Waals surface area contributed by atoms with Crippen LogP contribution in [0, 0.1) is 11.6 Å². The summed E-state index contributed by atoms with van der Waals surface area (Å²) in [5.41, 5.74) is 0.163. The van der Waals surface area contributed by atoms with Crippen LogP contribution in [0.3, 0.4) is 0 Å². The number of nitrogens with zero attached hydrogens (tertiary/aromatic N) is 1. The van der Waals surface area contributed by atoms with E-state index in [0.717, 1.165) is 13.1 Å². The van der Waals surface area contributed by atoms with E-state index in [1.54, 1.807) is 0 Å². The van der Waals surface area contributed by atoms with Gasteiger partial charge >= 0.3 is 0 Å². The van der Waals surface area contributed by atoms with E-state index in [9.17, 15) is 8.78 Å². The highest BCUT2D eigenvalue weighted by atomic mass is 79.9. The molecule has 0 radical (unpaired) electrons. The Labute approximate surface area is 122 Å². The molecule has 1 N–H and O–H groups in total. The molecule has 0 spiro atoms. The number of hydrogen-bond donors (Lipinski definition) is 1. The second-order valence-corrected chi connectivity index (χ2v) is 6.68. The molecule has 0 atom stereocenters. The molecule has 0 aliphatic rings. The molecule has 0 saturated heterocycles. The summed E-state index contributed by atoms with van der Waals surface area (Å²) in [6.45, 7) is 8.02. The molecule has 1 rings (SSSR count). The number of benzene rings is 1. The molecule has 0 aliphatic heterocycles. The summed E-state index contributed by atoms with van der Waals surface area (Å²) in [6.07, 6.45) is 0. The molecule has 0 aliphatic carbocycles. The quantitative estimate of drug-likeness (QED) is 0.885. The molecular weight excluding hydrogens is 314 g/mol. The predicted octanol–water partition coefficient (Wildman–Crippen LogP) is 3.55. The third-order valence-corrected chi connectivity index (χ3v) is 3.14. The largest absolute Gasteiger partial charge is 0.311 e. The van der Waals surface area contributed by atoms with Gasteiger partial charge in [0.05, 0.1) is 0 Å². The fourth-order valence-corrected chi connectivity index (χ4v) is 2.10. The summed E-state index contributed by atoms with van der Waals surface area (Å²) in [4.78, 5) is 1.90. The van der Waals surface area contributed by atoms with E-state index in [2.05, 4.69) is 42.0 Å². The number of halogens is 3. The zero-order valence-electron chi connectivity index (χ0n) is 11.9. The molecule has 0 saturated carbocycles. The summed E-state index contributed by atoms with van der Waals surface area (Å²) < 4.78 is 27.8. The number of likely N-dealkylation sites (N-methyl/N-ethyl adjacent to an activating group) is 1. The van der Waals surface area contributed by atoms with Crippen molar-refractivity contribution in [3.8, 4) is 0 Å². The Bertz CT molecular complexity index is 407. The Kier molecular flexibility index (Phi) is 5.89. The van der Waals surface area contributed by atoms with Crippen LogP contribution in [0.1, 0.15) is 26.3 Å². The van der Waals surface area contributed by atoms with Crippen molar-refractivity contribution >= 4 is 15.9 Å². The van der Waals surface area contributed by atoms with Crippen LogP contribution in [0.5, 0.6) is 0 Å². The van der Waals surface area contributed by atoms with Gasteiger partial charge in [-0.1, -0.05) is 15.9 Å². The van der Waals surface area contributed by atoms with Crippen LogP contribution in [0.2, 0.25) is 0 Å². The molecule has 1 aromatic rings. The monoisotopic (exact) mass is 334 g/mol. The van der Waals surface area contributed by atoms with Crippen LogP contribution in [-0.4, -0.2) is 30.6 Å². The Morgan fingerprint density at radius 1 is 1.21 bits per heavy atom.